The van der Waals surface area contributed by atoms with Crippen LogP contribution in [0.15, 0.2) is 24.4 Å². The summed E-state index contributed by atoms with van der Waals surface area (Å²) in [5.41, 5.74) is 3.23. The maximum absolute atomic E-state index is 12.4. The van der Waals surface area contributed by atoms with Crippen LogP contribution >= 0.6 is 0 Å². The molecule has 148 valence electrons. The second-order valence-corrected chi connectivity index (χ2v) is 6.88. The Morgan fingerprint density at radius 3 is 2.36 bits per heavy atom. The molecule has 0 atom stereocenters. The van der Waals surface area contributed by atoms with Crippen LogP contribution in [0.3, 0.4) is 0 Å². The zero-order valence-electron chi connectivity index (χ0n) is 16.6. The number of carbonyl (C=O) groups is 2. The number of aromatic nitrogens is 2. The molecule has 0 saturated heterocycles. The van der Waals surface area contributed by atoms with Gasteiger partial charge in [-0.15, -0.1) is 0 Å². The highest BCUT2D eigenvalue weighted by molar-refractivity contribution is 6.12. The van der Waals surface area contributed by atoms with Gasteiger partial charge in [0.05, 0.1) is 30.5 Å². The second kappa shape index (κ2) is 8.87. The quantitative estimate of drug-likeness (QED) is 0.441. The number of carbonyl (C=O) groups excluding carboxylic acids is 2. The Bertz CT molecular complexity index is 1010. The lowest BCUT2D eigenvalue weighted by Gasteiger charge is -2.07. The van der Waals surface area contributed by atoms with Gasteiger partial charge >= 0.3 is 11.9 Å². The van der Waals surface area contributed by atoms with Gasteiger partial charge in [0.25, 0.3) is 0 Å². The lowest BCUT2D eigenvalue weighted by molar-refractivity contribution is 0.0486. The van der Waals surface area contributed by atoms with E-state index in [0.29, 0.717) is 24.5 Å². The average molecular weight is 382 g/mol. The molecule has 0 radical (unpaired) electrons. The largest absolute Gasteiger partial charge is 0.462 e. The highest BCUT2D eigenvalue weighted by atomic mass is 16.5. The topological polar surface area (TPSA) is 81.3 Å². The van der Waals surface area contributed by atoms with Gasteiger partial charge in [0, 0.05) is 16.3 Å². The minimum absolute atomic E-state index is 0.306. The van der Waals surface area contributed by atoms with E-state index in [1.54, 1.807) is 12.3 Å². The molecule has 3 aromatic rings. The van der Waals surface area contributed by atoms with Crippen LogP contribution < -0.4 is 0 Å². The third-order valence-electron chi connectivity index (χ3n) is 4.77. The summed E-state index contributed by atoms with van der Waals surface area (Å²) in [6, 6.07) is 5.40. The number of rotatable bonds is 8. The third kappa shape index (κ3) is 4.01. The van der Waals surface area contributed by atoms with Gasteiger partial charge in [0.15, 0.2) is 5.69 Å². The SMILES string of the molecule is CCCCOC(=O)c1ccc2[nH]c3cnc(C(=O)OCCCC)c(C)c3c2c1. The van der Waals surface area contributed by atoms with Gasteiger partial charge in [-0.25, -0.2) is 14.6 Å². The Morgan fingerprint density at radius 1 is 1.00 bits per heavy atom. The first-order valence-electron chi connectivity index (χ1n) is 9.82. The molecule has 6 nitrogen and oxygen atoms in total. The Kier molecular flexibility index (Phi) is 6.29. The molecular formula is C22H26N2O4. The summed E-state index contributed by atoms with van der Waals surface area (Å²) >= 11 is 0. The van der Waals surface area contributed by atoms with E-state index in [1.165, 1.54) is 0 Å². The molecule has 0 saturated carbocycles. The van der Waals surface area contributed by atoms with Crippen molar-refractivity contribution in [3.8, 4) is 0 Å². The lowest BCUT2D eigenvalue weighted by Crippen LogP contribution is -2.10. The molecule has 0 amide bonds. The van der Waals surface area contributed by atoms with Gasteiger partial charge in [-0.3, -0.25) is 0 Å². The van der Waals surface area contributed by atoms with Gasteiger partial charge in [0.2, 0.25) is 0 Å². The molecule has 0 aliphatic carbocycles. The van der Waals surface area contributed by atoms with Crippen molar-refractivity contribution in [1.82, 2.24) is 9.97 Å². The first-order valence-corrected chi connectivity index (χ1v) is 9.82. The number of nitrogens with one attached hydrogen (secondary N) is 1. The first kappa shape index (κ1) is 19.9. The molecule has 0 fully saturated rings. The summed E-state index contributed by atoms with van der Waals surface area (Å²) in [6.07, 6.45) is 5.23. The summed E-state index contributed by atoms with van der Waals surface area (Å²) in [5.74, 6) is -0.757. The summed E-state index contributed by atoms with van der Waals surface area (Å²) in [6.45, 7) is 6.74. The Labute approximate surface area is 164 Å². The van der Waals surface area contributed by atoms with Crippen LogP contribution in [0.2, 0.25) is 0 Å². The summed E-state index contributed by atoms with van der Waals surface area (Å²) < 4.78 is 10.6. The molecule has 6 heteroatoms. The number of aryl methyl sites for hydroxylation is 1. The number of pyridine rings is 1. The number of aromatic amines is 1. The van der Waals surface area contributed by atoms with Crippen molar-refractivity contribution < 1.29 is 19.1 Å². The van der Waals surface area contributed by atoms with Crippen molar-refractivity contribution in [2.45, 2.75) is 46.5 Å². The fourth-order valence-electron chi connectivity index (χ4n) is 3.16. The van der Waals surface area contributed by atoms with Gasteiger partial charge in [-0.05, 0) is 43.5 Å². The zero-order chi connectivity index (χ0) is 20.1. The fraction of sp³-hybridized carbons (Fsp3) is 0.409. The van der Waals surface area contributed by atoms with Crippen molar-refractivity contribution in [3.63, 3.8) is 0 Å². The minimum atomic E-state index is -0.419. The normalized spacial score (nSPS) is 11.1. The number of benzene rings is 1. The highest BCUT2D eigenvalue weighted by Crippen LogP contribution is 2.30. The maximum Gasteiger partial charge on any atom is 0.357 e. The molecule has 2 aromatic heterocycles. The molecule has 0 aliphatic rings. The Balaban J connectivity index is 1.97. The molecule has 28 heavy (non-hydrogen) atoms. The number of ether oxygens (including phenoxy) is 2. The van der Waals surface area contributed by atoms with Gasteiger partial charge < -0.3 is 14.5 Å². The van der Waals surface area contributed by atoms with E-state index in [0.717, 1.165) is 53.1 Å². The van der Waals surface area contributed by atoms with Crippen LogP contribution in [-0.2, 0) is 9.47 Å². The van der Waals surface area contributed by atoms with Crippen LogP contribution in [0.4, 0.5) is 0 Å². The van der Waals surface area contributed by atoms with Gasteiger partial charge in [0.1, 0.15) is 0 Å². The van der Waals surface area contributed by atoms with E-state index in [2.05, 4.69) is 9.97 Å². The predicted octanol–water partition coefficient (Wildman–Crippen LogP) is 4.94. The number of esters is 2. The van der Waals surface area contributed by atoms with E-state index >= 15 is 0 Å². The first-order chi connectivity index (χ1) is 13.6. The molecule has 1 aromatic carbocycles. The molecule has 0 bridgehead atoms. The van der Waals surface area contributed by atoms with E-state index in [9.17, 15) is 9.59 Å². The van der Waals surface area contributed by atoms with Crippen molar-refractivity contribution >= 4 is 33.7 Å². The second-order valence-electron chi connectivity index (χ2n) is 6.88. The number of nitrogens with zero attached hydrogens (tertiary/aromatic N) is 1. The summed E-state index contributed by atoms with van der Waals surface area (Å²) in [5, 5.41) is 1.73. The number of hydrogen-bond donors (Lipinski definition) is 1. The minimum Gasteiger partial charge on any atom is -0.462 e. The fourth-order valence-corrected chi connectivity index (χ4v) is 3.16. The highest BCUT2D eigenvalue weighted by Gasteiger charge is 2.18. The smallest absolute Gasteiger partial charge is 0.357 e. The Hall–Kier alpha value is -2.89. The van der Waals surface area contributed by atoms with E-state index in [1.807, 2.05) is 32.9 Å². The van der Waals surface area contributed by atoms with Gasteiger partial charge in [-0.2, -0.15) is 0 Å². The third-order valence-corrected chi connectivity index (χ3v) is 4.77. The van der Waals surface area contributed by atoms with E-state index < -0.39 is 5.97 Å². The van der Waals surface area contributed by atoms with Crippen molar-refractivity contribution in [1.29, 1.82) is 0 Å². The molecule has 0 unspecified atom stereocenters. The maximum atomic E-state index is 12.4. The molecule has 2 heterocycles. The standard InChI is InChI=1S/C22H26N2O4/c1-4-6-10-27-21(25)15-8-9-17-16(12-15)19-14(3)20(23-13-18(19)24-17)22(26)28-11-7-5-2/h8-9,12-13,24H,4-7,10-11H2,1-3H3. The van der Waals surface area contributed by atoms with Crippen molar-refractivity contribution in [2.24, 2.45) is 0 Å². The monoisotopic (exact) mass is 382 g/mol. The van der Waals surface area contributed by atoms with Crippen molar-refractivity contribution in [2.75, 3.05) is 13.2 Å². The Morgan fingerprint density at radius 2 is 1.68 bits per heavy atom. The van der Waals surface area contributed by atoms with Crippen LogP contribution in [0.1, 0.15) is 65.9 Å². The summed E-state index contributed by atoms with van der Waals surface area (Å²) in [7, 11) is 0. The molecule has 0 spiro atoms. The molecule has 0 aliphatic heterocycles. The molecule has 1 N–H and O–H groups in total. The van der Waals surface area contributed by atoms with Crippen LogP contribution in [0, 0.1) is 6.92 Å². The number of hydrogen-bond acceptors (Lipinski definition) is 5. The lowest BCUT2D eigenvalue weighted by atomic mass is 10.0. The van der Waals surface area contributed by atoms with Gasteiger partial charge in [-0.1, -0.05) is 26.7 Å². The number of H-pyrrole nitrogens is 1. The summed E-state index contributed by atoms with van der Waals surface area (Å²) in [4.78, 5) is 32.3. The number of fused-ring (bicyclic) bond motifs is 3. The molecular weight excluding hydrogens is 356 g/mol. The molecule has 3 rings (SSSR count). The number of unbranched alkanes of at least 4 members (excludes halogenated alkanes) is 2. The zero-order valence-corrected chi connectivity index (χ0v) is 16.6. The predicted molar refractivity (Wildman–Crippen MR) is 109 cm³/mol. The van der Waals surface area contributed by atoms with E-state index in [4.69, 9.17) is 9.47 Å². The van der Waals surface area contributed by atoms with Crippen molar-refractivity contribution in [3.05, 3.63) is 41.2 Å². The van der Waals surface area contributed by atoms with Crippen LogP contribution in [-0.4, -0.2) is 35.1 Å². The average Bonchev–Trinajstić information content (AvgIpc) is 3.07. The van der Waals surface area contributed by atoms with Crippen LogP contribution in [0.5, 0.6) is 0 Å². The van der Waals surface area contributed by atoms with E-state index in [-0.39, 0.29) is 5.97 Å². The van der Waals surface area contributed by atoms with Crippen LogP contribution in [0.25, 0.3) is 21.8 Å².